The summed E-state index contributed by atoms with van der Waals surface area (Å²) >= 11 is 1.32. The predicted molar refractivity (Wildman–Crippen MR) is 134 cm³/mol. The Labute approximate surface area is 223 Å². The highest BCUT2D eigenvalue weighted by Gasteiger charge is 2.69. The molecular weight excluding hydrogens is 518 g/mol. The lowest BCUT2D eigenvalue weighted by Crippen LogP contribution is -2.86. The average molecular weight is 550 g/mol. The molecular formula is C24H31N5O8S. The van der Waals surface area contributed by atoms with Crippen molar-refractivity contribution in [2.45, 2.75) is 74.6 Å². The third-order valence-corrected chi connectivity index (χ3v) is 7.98. The number of carbonyl (C=O) groups excluding carboxylic acids is 4. The zero-order valence-electron chi connectivity index (χ0n) is 21.3. The number of nitrogens with one attached hydrogen (secondary N) is 2. The van der Waals surface area contributed by atoms with Crippen LogP contribution in [0.25, 0.3) is 0 Å². The number of Topliss-reactive ketones (excluding diaryl/α,β-unsaturated/α-hetero) is 2. The Hall–Kier alpha value is -2.88. The second-order valence-electron chi connectivity index (χ2n) is 9.51. The monoisotopic (exact) mass is 549 g/mol. The van der Waals surface area contributed by atoms with Crippen LogP contribution in [0, 0.1) is 6.92 Å². The number of hydrogen-bond donors (Lipinski definition) is 5. The summed E-state index contributed by atoms with van der Waals surface area (Å²) in [5, 5.41) is 36.1. The molecule has 0 bridgehead atoms. The molecule has 2 fully saturated rings. The molecule has 4 rings (SSSR count). The van der Waals surface area contributed by atoms with Crippen molar-refractivity contribution in [1.82, 2.24) is 20.4 Å². The van der Waals surface area contributed by atoms with Gasteiger partial charge in [0.25, 0.3) is 5.91 Å². The van der Waals surface area contributed by atoms with E-state index in [1.165, 1.54) is 25.6 Å². The van der Waals surface area contributed by atoms with Gasteiger partial charge in [-0.05, 0) is 26.0 Å². The van der Waals surface area contributed by atoms with E-state index in [0.717, 1.165) is 33.5 Å². The minimum Gasteiger partial charge on any atom is -0.394 e. The summed E-state index contributed by atoms with van der Waals surface area (Å²) in [5.74, 6) is -4.97. The number of nitrogens with zero attached hydrogens (tertiary/aromatic N) is 3. The molecule has 2 saturated heterocycles. The first-order valence-corrected chi connectivity index (χ1v) is 12.9. The summed E-state index contributed by atoms with van der Waals surface area (Å²) < 4.78 is 5.63. The third kappa shape index (κ3) is 4.30. The second kappa shape index (κ2) is 10.4. The second-order valence-corrected chi connectivity index (χ2v) is 10.6. The van der Waals surface area contributed by atoms with Crippen molar-refractivity contribution < 1.29 is 39.2 Å². The Kier molecular flexibility index (Phi) is 7.67. The number of aryl methyl sites for hydroxylation is 1. The highest BCUT2D eigenvalue weighted by Crippen LogP contribution is 2.41. The molecule has 1 aromatic rings. The molecule has 38 heavy (non-hydrogen) atoms. The van der Waals surface area contributed by atoms with Crippen LogP contribution in [0.1, 0.15) is 26.3 Å². The Morgan fingerprint density at radius 2 is 1.79 bits per heavy atom. The van der Waals surface area contributed by atoms with Crippen LogP contribution in [-0.2, 0) is 23.9 Å². The molecule has 5 N–H and O–H groups in total. The molecule has 7 atom stereocenters. The van der Waals surface area contributed by atoms with Gasteiger partial charge in [-0.3, -0.25) is 29.4 Å². The van der Waals surface area contributed by atoms with E-state index in [4.69, 9.17) is 4.74 Å². The van der Waals surface area contributed by atoms with Gasteiger partial charge in [0.2, 0.25) is 17.2 Å². The number of amides is 2. The van der Waals surface area contributed by atoms with E-state index in [2.05, 4.69) is 15.6 Å². The van der Waals surface area contributed by atoms with Crippen molar-refractivity contribution in [2.75, 3.05) is 12.5 Å². The molecule has 2 amide bonds. The number of ether oxygens (including phenoxy) is 1. The van der Waals surface area contributed by atoms with Gasteiger partial charge >= 0.3 is 0 Å². The summed E-state index contributed by atoms with van der Waals surface area (Å²) in [6, 6.07) is 7.62. The van der Waals surface area contributed by atoms with E-state index in [1.54, 1.807) is 0 Å². The molecule has 206 valence electrons. The van der Waals surface area contributed by atoms with Gasteiger partial charge < -0.3 is 30.3 Å². The smallest absolute Gasteiger partial charge is 0.263 e. The number of aliphatic hydroxyl groups is 3. The van der Waals surface area contributed by atoms with E-state index >= 15 is 0 Å². The summed E-state index contributed by atoms with van der Waals surface area (Å²) in [5.41, 5.74) is -1.11. The Bertz CT molecular complexity index is 1160. The van der Waals surface area contributed by atoms with Gasteiger partial charge in [-0.2, -0.15) is 0 Å². The van der Waals surface area contributed by atoms with Gasteiger partial charge in [0.05, 0.1) is 18.8 Å². The number of thioether (sulfide) groups is 1. The molecule has 5 unspecified atom stereocenters. The fraction of sp³-hybridized carbons (Fsp3) is 0.542. The quantitative estimate of drug-likeness (QED) is 0.142. The first-order valence-electron chi connectivity index (χ1n) is 11.9. The fourth-order valence-corrected chi connectivity index (χ4v) is 5.82. The number of benzene rings is 1. The summed E-state index contributed by atoms with van der Waals surface area (Å²) in [6.07, 6.45) is -6.08. The van der Waals surface area contributed by atoms with Gasteiger partial charge in [-0.25, -0.2) is 4.99 Å². The number of aliphatic imine (C=N–C) groups is 1. The van der Waals surface area contributed by atoms with Crippen LogP contribution in [0.2, 0.25) is 0 Å². The summed E-state index contributed by atoms with van der Waals surface area (Å²) in [4.78, 5) is 60.2. The number of carbonyl (C=O) groups is 4. The molecule has 3 heterocycles. The van der Waals surface area contributed by atoms with E-state index < -0.39 is 72.0 Å². The van der Waals surface area contributed by atoms with Gasteiger partial charge in [0.15, 0.2) is 24.0 Å². The molecule has 0 spiro atoms. The zero-order valence-corrected chi connectivity index (χ0v) is 22.1. The van der Waals surface area contributed by atoms with Crippen molar-refractivity contribution in [2.24, 2.45) is 4.99 Å². The van der Waals surface area contributed by atoms with E-state index in [-0.39, 0.29) is 5.88 Å². The van der Waals surface area contributed by atoms with Crippen LogP contribution in [0.15, 0.2) is 34.2 Å². The first kappa shape index (κ1) is 28.1. The molecule has 0 aromatic heterocycles. The highest BCUT2D eigenvalue weighted by atomic mass is 32.2. The molecule has 3 aliphatic rings. The van der Waals surface area contributed by atoms with Crippen LogP contribution in [0.4, 0.5) is 0 Å². The topological polar surface area (TPSA) is 181 Å². The van der Waals surface area contributed by atoms with E-state index in [1.807, 2.05) is 31.2 Å². The average Bonchev–Trinajstić information content (AvgIpc) is 3.39. The zero-order chi connectivity index (χ0) is 28.0. The van der Waals surface area contributed by atoms with Gasteiger partial charge in [-0.15, -0.1) is 11.8 Å². The summed E-state index contributed by atoms with van der Waals surface area (Å²) in [7, 11) is 0. The van der Waals surface area contributed by atoms with Crippen molar-refractivity contribution in [1.29, 1.82) is 0 Å². The Balaban J connectivity index is 1.75. The summed E-state index contributed by atoms with van der Waals surface area (Å²) in [6.45, 7) is 4.82. The molecule has 0 aliphatic carbocycles. The molecule has 14 heteroatoms. The van der Waals surface area contributed by atoms with E-state index in [9.17, 15) is 34.5 Å². The normalized spacial score (nSPS) is 34.3. The predicted octanol–water partition coefficient (Wildman–Crippen LogP) is -1.71. The van der Waals surface area contributed by atoms with Gasteiger partial charge in [-0.1, -0.05) is 17.7 Å². The Morgan fingerprint density at radius 1 is 1.13 bits per heavy atom. The lowest BCUT2D eigenvalue weighted by Gasteiger charge is -2.55. The lowest BCUT2D eigenvalue weighted by atomic mass is 9.85. The molecule has 1 aromatic carbocycles. The number of aliphatic hydroxyl groups excluding tert-OH is 3. The fourth-order valence-electron chi connectivity index (χ4n) is 5.04. The van der Waals surface area contributed by atoms with Crippen LogP contribution < -0.4 is 10.6 Å². The third-order valence-electron chi connectivity index (χ3n) is 7.08. The molecule has 0 saturated carbocycles. The maximum Gasteiger partial charge on any atom is 0.263 e. The minimum absolute atomic E-state index is 0.0845. The number of hydrogen-bond acceptors (Lipinski definition) is 12. The van der Waals surface area contributed by atoms with Crippen molar-refractivity contribution in [3.8, 4) is 0 Å². The Morgan fingerprint density at radius 3 is 2.32 bits per heavy atom. The van der Waals surface area contributed by atoms with Crippen LogP contribution in [0.5, 0.6) is 0 Å². The van der Waals surface area contributed by atoms with Gasteiger partial charge in [0, 0.05) is 18.7 Å². The molecule has 13 nitrogen and oxygen atoms in total. The number of fused-ring (bicyclic) bond motifs is 1. The molecule has 3 aliphatic heterocycles. The van der Waals surface area contributed by atoms with Crippen molar-refractivity contribution >= 4 is 41.5 Å². The van der Waals surface area contributed by atoms with Crippen LogP contribution in [0.3, 0.4) is 0 Å². The first-order chi connectivity index (χ1) is 17.9. The number of ketones is 2. The lowest BCUT2D eigenvalue weighted by molar-refractivity contribution is -0.187. The van der Waals surface area contributed by atoms with Crippen LogP contribution >= 0.6 is 11.8 Å². The SMILES string of the molecule is CC(=O)N1C2N([C@@H]3O[C@H](CO)C(O)C3O)C=NC2(C(C)=O)C(=O)NC1(NCSc1ccc(C)cc1)C(C)=O. The van der Waals surface area contributed by atoms with Crippen molar-refractivity contribution in [3.63, 3.8) is 0 Å². The maximum absolute atomic E-state index is 13.6. The highest BCUT2D eigenvalue weighted by molar-refractivity contribution is 7.99. The molecule has 0 radical (unpaired) electrons. The van der Waals surface area contributed by atoms with E-state index in [0.29, 0.717) is 0 Å². The van der Waals surface area contributed by atoms with Crippen molar-refractivity contribution in [3.05, 3.63) is 29.8 Å². The largest absolute Gasteiger partial charge is 0.394 e. The van der Waals surface area contributed by atoms with Crippen LogP contribution in [-0.4, -0.2) is 109 Å². The minimum atomic E-state index is -2.18. The standard InChI is InChI=1S/C24H31N5O8S/c1-12-5-7-16(8-6-12)38-11-26-24(14(3)32)27-21(36)23(13(2)31)22(29(24)15(4)33)28(10-25-23)20-19(35)18(34)17(9-30)37-20/h5-8,10,17-20,22,26,30,34-35H,9,11H2,1-4H3,(H,27,36)/t17-,18?,19?,20-,22?,23?,24?/m1/s1. The maximum atomic E-state index is 13.6. The van der Waals surface area contributed by atoms with Gasteiger partial charge in [0.1, 0.15) is 18.3 Å². The number of rotatable bonds is 8.